The molecule has 1 heterocycles. The van der Waals surface area contributed by atoms with E-state index in [4.69, 9.17) is 0 Å². The highest BCUT2D eigenvalue weighted by Gasteiger charge is 2.23. The molecule has 0 bridgehead atoms. The number of rotatable bonds is 3. The van der Waals surface area contributed by atoms with Crippen molar-refractivity contribution >= 4 is 17.5 Å². The molecule has 0 N–H and O–H groups in total. The fourth-order valence-electron chi connectivity index (χ4n) is 1.58. The summed E-state index contributed by atoms with van der Waals surface area (Å²) < 4.78 is 0.393. The number of carbonyl (C=O) groups is 1. The van der Waals surface area contributed by atoms with Gasteiger partial charge in [-0.2, -0.15) is 11.8 Å². The molecular formula is C11H21NOS. The minimum atomic E-state index is 0.370. The summed E-state index contributed by atoms with van der Waals surface area (Å²) in [4.78, 5) is 13.6. The van der Waals surface area contributed by atoms with Crippen molar-refractivity contribution in [2.45, 2.75) is 38.4 Å². The van der Waals surface area contributed by atoms with Gasteiger partial charge in [0.2, 0.25) is 0 Å². The number of nitrogens with zero attached hydrogens (tertiary/aromatic N) is 1. The Morgan fingerprint density at radius 2 is 2.14 bits per heavy atom. The van der Waals surface area contributed by atoms with E-state index in [1.807, 2.05) is 18.7 Å². The molecule has 0 aromatic heterocycles. The molecule has 1 rings (SSSR count). The highest BCUT2D eigenvalue weighted by Crippen LogP contribution is 2.30. The van der Waals surface area contributed by atoms with Crippen molar-refractivity contribution in [1.29, 1.82) is 0 Å². The van der Waals surface area contributed by atoms with E-state index in [0.717, 1.165) is 18.8 Å². The number of carbonyl (C=O) groups excluding carboxylic acids is 1. The molecular weight excluding hydrogens is 194 g/mol. The molecule has 0 aliphatic carbocycles. The maximum absolute atomic E-state index is 11.3. The van der Waals surface area contributed by atoms with Crippen molar-refractivity contribution in [3.8, 4) is 0 Å². The van der Waals surface area contributed by atoms with E-state index in [0.29, 0.717) is 23.5 Å². The van der Waals surface area contributed by atoms with Gasteiger partial charge in [-0.25, -0.2) is 0 Å². The first-order valence-corrected chi connectivity index (χ1v) is 6.40. The van der Waals surface area contributed by atoms with Gasteiger partial charge < -0.3 is 0 Å². The van der Waals surface area contributed by atoms with Gasteiger partial charge in [0.15, 0.2) is 0 Å². The lowest BCUT2D eigenvalue weighted by Crippen LogP contribution is -2.32. The summed E-state index contributed by atoms with van der Waals surface area (Å²) in [5.74, 6) is 1.53. The van der Waals surface area contributed by atoms with Gasteiger partial charge in [-0.15, -0.1) is 0 Å². The fraction of sp³-hybridized carbons (Fsp3) is 0.909. The zero-order valence-corrected chi connectivity index (χ0v) is 10.3. The monoisotopic (exact) mass is 215 g/mol. The van der Waals surface area contributed by atoms with Crippen molar-refractivity contribution in [1.82, 2.24) is 4.90 Å². The zero-order valence-electron chi connectivity index (χ0n) is 9.51. The summed E-state index contributed by atoms with van der Waals surface area (Å²) in [5, 5.41) is 0. The van der Waals surface area contributed by atoms with Gasteiger partial charge in [-0.05, 0) is 13.0 Å². The Labute approximate surface area is 91.4 Å². The summed E-state index contributed by atoms with van der Waals surface area (Å²) in [7, 11) is 0. The zero-order chi connectivity index (χ0) is 10.6. The lowest BCUT2D eigenvalue weighted by Gasteiger charge is -2.22. The van der Waals surface area contributed by atoms with Crippen LogP contribution in [0.2, 0.25) is 0 Å². The average Bonchev–Trinajstić information content (AvgIpc) is 2.28. The molecule has 1 fully saturated rings. The Hall–Kier alpha value is -0.0200. The summed E-state index contributed by atoms with van der Waals surface area (Å²) in [6.45, 7) is 9.34. The molecule has 0 radical (unpaired) electrons. The number of thioether (sulfide) groups is 1. The summed E-state index contributed by atoms with van der Waals surface area (Å²) in [6, 6.07) is 0. The SMILES string of the molecule is CCC(=O)CN1CCSC(C)(C)CC1. The molecule has 0 aromatic carbocycles. The van der Waals surface area contributed by atoms with Crippen LogP contribution in [0.5, 0.6) is 0 Å². The first-order valence-electron chi connectivity index (χ1n) is 5.41. The Balaban J connectivity index is 2.38. The van der Waals surface area contributed by atoms with Gasteiger partial charge in [0.05, 0.1) is 6.54 Å². The van der Waals surface area contributed by atoms with E-state index in [2.05, 4.69) is 18.7 Å². The molecule has 0 aromatic rings. The summed E-state index contributed by atoms with van der Waals surface area (Å²) in [5.41, 5.74) is 0. The summed E-state index contributed by atoms with van der Waals surface area (Å²) in [6.07, 6.45) is 1.86. The molecule has 1 aliphatic rings. The normalized spacial score (nSPS) is 23.1. The van der Waals surface area contributed by atoms with Gasteiger partial charge in [-0.1, -0.05) is 20.8 Å². The molecule has 0 atom stereocenters. The first kappa shape index (κ1) is 12.1. The standard InChI is InChI=1S/C11H21NOS/c1-4-10(13)9-12-6-5-11(2,3)14-8-7-12/h4-9H2,1-3H3. The van der Waals surface area contributed by atoms with Crippen molar-refractivity contribution < 1.29 is 4.79 Å². The third-order valence-corrected chi connectivity index (χ3v) is 4.10. The van der Waals surface area contributed by atoms with Gasteiger partial charge in [0.25, 0.3) is 0 Å². The second kappa shape index (κ2) is 5.17. The van der Waals surface area contributed by atoms with Crippen molar-refractivity contribution in [2.75, 3.05) is 25.4 Å². The second-order valence-corrected chi connectivity index (χ2v) is 6.33. The molecule has 82 valence electrons. The second-order valence-electron chi connectivity index (χ2n) is 4.53. The Morgan fingerprint density at radius 1 is 1.43 bits per heavy atom. The van der Waals surface area contributed by atoms with E-state index in [1.165, 1.54) is 6.42 Å². The van der Waals surface area contributed by atoms with Crippen LogP contribution in [0.25, 0.3) is 0 Å². The molecule has 0 amide bonds. The van der Waals surface area contributed by atoms with Crippen LogP contribution in [0.3, 0.4) is 0 Å². The topological polar surface area (TPSA) is 20.3 Å². The van der Waals surface area contributed by atoms with Crippen LogP contribution in [-0.4, -0.2) is 40.8 Å². The minimum absolute atomic E-state index is 0.370. The molecule has 0 saturated carbocycles. The van der Waals surface area contributed by atoms with Crippen molar-refractivity contribution in [3.63, 3.8) is 0 Å². The Kier molecular flexibility index (Phi) is 4.45. The van der Waals surface area contributed by atoms with Gasteiger partial charge in [-0.3, -0.25) is 9.69 Å². The van der Waals surface area contributed by atoms with E-state index in [-0.39, 0.29) is 0 Å². The van der Waals surface area contributed by atoms with Crippen LogP contribution >= 0.6 is 11.8 Å². The van der Waals surface area contributed by atoms with E-state index in [9.17, 15) is 4.79 Å². The number of hydrogen-bond acceptors (Lipinski definition) is 3. The number of ketones is 1. The van der Waals surface area contributed by atoms with Crippen molar-refractivity contribution in [3.05, 3.63) is 0 Å². The van der Waals surface area contributed by atoms with Gasteiger partial charge in [0, 0.05) is 23.5 Å². The van der Waals surface area contributed by atoms with Crippen molar-refractivity contribution in [2.24, 2.45) is 0 Å². The molecule has 0 unspecified atom stereocenters. The largest absolute Gasteiger partial charge is 0.298 e. The Morgan fingerprint density at radius 3 is 2.79 bits per heavy atom. The maximum Gasteiger partial charge on any atom is 0.146 e. The van der Waals surface area contributed by atoms with Gasteiger partial charge in [0.1, 0.15) is 5.78 Å². The van der Waals surface area contributed by atoms with Crippen LogP contribution in [0.15, 0.2) is 0 Å². The molecule has 1 saturated heterocycles. The molecule has 1 aliphatic heterocycles. The molecule has 3 heteroatoms. The number of hydrogen-bond donors (Lipinski definition) is 0. The van der Waals surface area contributed by atoms with E-state index < -0.39 is 0 Å². The lowest BCUT2D eigenvalue weighted by atomic mass is 10.1. The highest BCUT2D eigenvalue weighted by atomic mass is 32.2. The van der Waals surface area contributed by atoms with E-state index in [1.54, 1.807) is 0 Å². The average molecular weight is 215 g/mol. The third kappa shape index (κ3) is 4.01. The van der Waals surface area contributed by atoms with Crippen LogP contribution in [0.4, 0.5) is 0 Å². The quantitative estimate of drug-likeness (QED) is 0.720. The molecule has 0 spiro atoms. The predicted octanol–water partition coefficient (Wildman–Crippen LogP) is 2.18. The van der Waals surface area contributed by atoms with Crippen LogP contribution in [-0.2, 0) is 4.79 Å². The third-order valence-electron chi connectivity index (χ3n) is 2.72. The van der Waals surface area contributed by atoms with Gasteiger partial charge >= 0.3 is 0 Å². The lowest BCUT2D eigenvalue weighted by molar-refractivity contribution is -0.119. The Bertz CT molecular complexity index is 203. The predicted molar refractivity (Wildman–Crippen MR) is 62.9 cm³/mol. The maximum atomic E-state index is 11.3. The first-order chi connectivity index (χ1) is 6.53. The van der Waals surface area contributed by atoms with Crippen LogP contribution in [0, 0.1) is 0 Å². The minimum Gasteiger partial charge on any atom is -0.298 e. The number of Topliss-reactive ketones (excluding diaryl/α,β-unsaturated/α-hetero) is 1. The van der Waals surface area contributed by atoms with Crippen LogP contribution in [0.1, 0.15) is 33.6 Å². The highest BCUT2D eigenvalue weighted by molar-refractivity contribution is 8.00. The molecule has 14 heavy (non-hydrogen) atoms. The smallest absolute Gasteiger partial charge is 0.146 e. The fourth-order valence-corrected chi connectivity index (χ4v) is 2.72. The van der Waals surface area contributed by atoms with Crippen LogP contribution < -0.4 is 0 Å². The van der Waals surface area contributed by atoms with E-state index >= 15 is 0 Å². The molecule has 2 nitrogen and oxygen atoms in total. The summed E-state index contributed by atoms with van der Waals surface area (Å²) >= 11 is 2.03.